The molecule has 29 heavy (non-hydrogen) atoms. The molecule has 0 radical (unpaired) electrons. The molecule has 0 fully saturated rings. The van der Waals surface area contributed by atoms with Gasteiger partial charge >= 0.3 is 0 Å². The van der Waals surface area contributed by atoms with Gasteiger partial charge in [0.15, 0.2) is 0 Å². The van der Waals surface area contributed by atoms with Crippen LogP contribution in [0.2, 0.25) is 0 Å². The Morgan fingerprint density at radius 3 is 1.83 bits per heavy atom. The van der Waals surface area contributed by atoms with Gasteiger partial charge in [-0.25, -0.2) is 13.1 Å². The number of nitrogens with one attached hydrogen (secondary N) is 2. The van der Waals surface area contributed by atoms with Crippen LogP contribution in [0.15, 0.2) is 89.8 Å². The molecule has 3 N–H and O–H groups in total. The molecule has 5 nitrogen and oxygen atoms in total. The van der Waals surface area contributed by atoms with E-state index in [0.717, 1.165) is 16.7 Å². The summed E-state index contributed by atoms with van der Waals surface area (Å²) < 4.78 is 29.2. The quantitative estimate of drug-likeness (QED) is 0.506. The molecule has 3 aromatic rings. The average Bonchev–Trinajstić information content (AvgIpc) is 2.75. The van der Waals surface area contributed by atoms with E-state index in [4.69, 9.17) is 0 Å². The molecule has 2 unspecified atom stereocenters. The zero-order chi connectivity index (χ0) is 20.7. The van der Waals surface area contributed by atoms with Crippen LogP contribution < -0.4 is 10.0 Å². The Morgan fingerprint density at radius 1 is 0.793 bits per heavy atom. The van der Waals surface area contributed by atoms with E-state index in [1.54, 1.807) is 24.3 Å². The van der Waals surface area contributed by atoms with Gasteiger partial charge in [0.1, 0.15) is 0 Å². The van der Waals surface area contributed by atoms with Gasteiger partial charge < -0.3 is 10.4 Å². The van der Waals surface area contributed by atoms with Gasteiger partial charge in [-0.1, -0.05) is 78.4 Å². The average molecular weight is 411 g/mol. The predicted molar refractivity (Wildman–Crippen MR) is 115 cm³/mol. The van der Waals surface area contributed by atoms with E-state index < -0.39 is 16.1 Å². The van der Waals surface area contributed by atoms with E-state index in [0.29, 0.717) is 6.54 Å². The van der Waals surface area contributed by atoms with Crippen molar-refractivity contribution in [2.24, 2.45) is 0 Å². The summed E-state index contributed by atoms with van der Waals surface area (Å²) in [6.45, 7) is 2.21. The number of hydrogen-bond acceptors (Lipinski definition) is 4. The van der Waals surface area contributed by atoms with Crippen molar-refractivity contribution in [3.05, 3.63) is 102 Å². The molecule has 0 aromatic heterocycles. The number of aliphatic hydroxyl groups is 1. The van der Waals surface area contributed by atoms with Gasteiger partial charge in [-0.15, -0.1) is 0 Å². The lowest BCUT2D eigenvalue weighted by Gasteiger charge is -2.30. The molecular formula is C23H26N2O3S. The lowest BCUT2D eigenvalue weighted by molar-refractivity contribution is 0.277. The summed E-state index contributed by atoms with van der Waals surface area (Å²) in [6.07, 6.45) is 0. The van der Waals surface area contributed by atoms with E-state index in [1.807, 2.05) is 67.6 Å². The van der Waals surface area contributed by atoms with Gasteiger partial charge in [-0.2, -0.15) is 0 Å². The Labute approximate surface area is 172 Å². The minimum atomic E-state index is -3.75. The van der Waals surface area contributed by atoms with Gasteiger partial charge in [0.25, 0.3) is 0 Å². The normalized spacial score (nSPS) is 13.7. The molecule has 3 aromatic carbocycles. The first-order valence-electron chi connectivity index (χ1n) is 9.54. The van der Waals surface area contributed by atoms with Crippen LogP contribution in [0.4, 0.5) is 0 Å². The molecule has 0 aliphatic rings. The molecule has 0 amide bonds. The van der Waals surface area contributed by atoms with Gasteiger partial charge in [0.05, 0.1) is 23.6 Å². The fraction of sp³-hybridized carbons (Fsp3) is 0.217. The van der Waals surface area contributed by atoms with Crippen LogP contribution in [0.1, 0.15) is 28.8 Å². The molecule has 2 atom stereocenters. The van der Waals surface area contributed by atoms with Crippen molar-refractivity contribution < 1.29 is 13.5 Å². The third-order valence-electron chi connectivity index (χ3n) is 4.74. The second-order valence-electron chi connectivity index (χ2n) is 6.89. The Bertz CT molecular complexity index is 991. The summed E-state index contributed by atoms with van der Waals surface area (Å²) in [4.78, 5) is 0.220. The number of benzene rings is 3. The summed E-state index contributed by atoms with van der Waals surface area (Å²) in [6, 6.07) is 25.0. The zero-order valence-electron chi connectivity index (χ0n) is 16.3. The van der Waals surface area contributed by atoms with Gasteiger partial charge in [0, 0.05) is 6.54 Å². The summed E-state index contributed by atoms with van der Waals surface area (Å²) in [5, 5.41) is 12.6. The monoisotopic (exact) mass is 410 g/mol. The minimum Gasteiger partial charge on any atom is -0.395 e. The Morgan fingerprint density at radius 2 is 1.31 bits per heavy atom. The highest BCUT2D eigenvalue weighted by atomic mass is 32.2. The van der Waals surface area contributed by atoms with Crippen LogP contribution in [0.3, 0.4) is 0 Å². The molecule has 6 heteroatoms. The van der Waals surface area contributed by atoms with Crippen molar-refractivity contribution in [1.29, 1.82) is 0 Å². The standard InChI is InChI=1S/C23H26N2O3S/c1-18-12-14-21(15-13-18)29(27,28)25-23(20-10-6-3-7-11-20)22(24-16-17-26)19-8-4-2-5-9-19/h2-15,22-26H,16-17H2,1H3. The third kappa shape index (κ3) is 5.52. The van der Waals surface area contributed by atoms with Gasteiger partial charge in [-0.3, -0.25) is 0 Å². The van der Waals surface area contributed by atoms with Crippen LogP contribution in [-0.2, 0) is 10.0 Å². The smallest absolute Gasteiger partial charge is 0.241 e. The molecule has 0 saturated carbocycles. The largest absolute Gasteiger partial charge is 0.395 e. The summed E-state index contributed by atoms with van der Waals surface area (Å²) in [5.74, 6) is 0. The van der Waals surface area contributed by atoms with Gasteiger partial charge in [0.2, 0.25) is 10.0 Å². The second kappa shape index (κ2) is 9.80. The van der Waals surface area contributed by atoms with E-state index in [-0.39, 0.29) is 17.5 Å². The van der Waals surface area contributed by atoms with E-state index in [1.165, 1.54) is 0 Å². The number of aliphatic hydroxyl groups excluding tert-OH is 1. The first kappa shape index (κ1) is 21.2. The molecule has 0 saturated heterocycles. The number of hydrogen-bond donors (Lipinski definition) is 3. The van der Waals surface area contributed by atoms with Crippen LogP contribution in [0, 0.1) is 6.92 Å². The molecule has 3 rings (SSSR count). The second-order valence-corrected chi connectivity index (χ2v) is 8.60. The number of rotatable bonds is 9. The fourth-order valence-corrected chi connectivity index (χ4v) is 4.49. The lowest BCUT2D eigenvalue weighted by Crippen LogP contribution is -2.39. The topological polar surface area (TPSA) is 78.4 Å². The number of sulfonamides is 1. The highest BCUT2D eigenvalue weighted by Gasteiger charge is 2.29. The maximum absolute atomic E-state index is 13.1. The minimum absolute atomic E-state index is 0.0461. The third-order valence-corrected chi connectivity index (χ3v) is 6.20. The first-order valence-corrected chi connectivity index (χ1v) is 11.0. The first-order chi connectivity index (χ1) is 14.0. The summed E-state index contributed by atoms with van der Waals surface area (Å²) in [7, 11) is -3.75. The maximum Gasteiger partial charge on any atom is 0.241 e. The SMILES string of the molecule is Cc1ccc(S(=O)(=O)NC(c2ccccc2)C(NCCO)c2ccccc2)cc1. The summed E-state index contributed by atoms with van der Waals surface area (Å²) >= 11 is 0. The zero-order valence-corrected chi connectivity index (χ0v) is 17.1. The van der Waals surface area contributed by atoms with Crippen LogP contribution in [-0.4, -0.2) is 26.7 Å². The van der Waals surface area contributed by atoms with Crippen molar-refractivity contribution in [1.82, 2.24) is 10.0 Å². The predicted octanol–water partition coefficient (Wildman–Crippen LogP) is 3.34. The van der Waals surface area contributed by atoms with Crippen molar-refractivity contribution in [2.45, 2.75) is 23.9 Å². The molecule has 0 aliphatic carbocycles. The fourth-order valence-electron chi connectivity index (χ4n) is 3.25. The van der Waals surface area contributed by atoms with Crippen molar-refractivity contribution in [2.75, 3.05) is 13.2 Å². The Hall–Kier alpha value is -2.51. The van der Waals surface area contributed by atoms with Crippen LogP contribution >= 0.6 is 0 Å². The van der Waals surface area contributed by atoms with E-state index >= 15 is 0 Å². The van der Waals surface area contributed by atoms with Crippen LogP contribution in [0.25, 0.3) is 0 Å². The van der Waals surface area contributed by atoms with Crippen LogP contribution in [0.5, 0.6) is 0 Å². The van der Waals surface area contributed by atoms with E-state index in [2.05, 4.69) is 10.0 Å². The lowest BCUT2D eigenvalue weighted by atomic mass is 9.94. The van der Waals surface area contributed by atoms with Crippen molar-refractivity contribution >= 4 is 10.0 Å². The maximum atomic E-state index is 13.1. The highest BCUT2D eigenvalue weighted by molar-refractivity contribution is 7.89. The van der Waals surface area contributed by atoms with E-state index in [9.17, 15) is 13.5 Å². The summed E-state index contributed by atoms with van der Waals surface area (Å²) in [5.41, 5.74) is 2.76. The Balaban J connectivity index is 2.02. The van der Waals surface area contributed by atoms with Crippen molar-refractivity contribution in [3.8, 4) is 0 Å². The highest BCUT2D eigenvalue weighted by Crippen LogP contribution is 2.30. The molecular weight excluding hydrogens is 384 g/mol. The Kier molecular flexibility index (Phi) is 7.17. The number of aryl methyl sites for hydroxylation is 1. The molecule has 0 aliphatic heterocycles. The molecule has 152 valence electrons. The van der Waals surface area contributed by atoms with Crippen molar-refractivity contribution in [3.63, 3.8) is 0 Å². The molecule has 0 spiro atoms. The van der Waals surface area contributed by atoms with Gasteiger partial charge in [-0.05, 0) is 30.2 Å². The molecule has 0 heterocycles. The molecule has 0 bridgehead atoms.